The SMILES string of the molecule is CC1CN(c2nc(N(C)C)cc(C(F)(F)F)n2)CCN1CC(F)(F)F. The average molecular weight is 371 g/mol. The summed E-state index contributed by atoms with van der Waals surface area (Å²) in [5, 5.41) is 0. The van der Waals surface area contributed by atoms with E-state index in [9.17, 15) is 26.3 Å². The first-order chi connectivity index (χ1) is 11.4. The molecule has 25 heavy (non-hydrogen) atoms. The van der Waals surface area contributed by atoms with E-state index < -0.39 is 30.6 Å². The molecule has 1 aromatic rings. The molecular formula is C14H19F6N5. The van der Waals surface area contributed by atoms with Crippen LogP contribution in [0, 0.1) is 0 Å². The van der Waals surface area contributed by atoms with E-state index >= 15 is 0 Å². The average Bonchev–Trinajstić information content (AvgIpc) is 2.46. The Balaban J connectivity index is 2.23. The standard InChI is InChI=1S/C14H19F6N5/c1-9-7-24(4-5-25(9)8-13(15,16)17)12-21-10(14(18,19)20)6-11(22-12)23(2)3/h6,9H,4-5,7-8H2,1-3H3. The number of nitrogens with zero attached hydrogens (tertiary/aromatic N) is 5. The maximum Gasteiger partial charge on any atom is 0.433 e. The Bertz CT molecular complexity index is 600. The molecule has 2 heterocycles. The van der Waals surface area contributed by atoms with Crippen LogP contribution in [0.2, 0.25) is 0 Å². The number of piperazine rings is 1. The third-order valence-electron chi connectivity index (χ3n) is 3.88. The Morgan fingerprint density at radius 3 is 2.24 bits per heavy atom. The summed E-state index contributed by atoms with van der Waals surface area (Å²) in [7, 11) is 3.10. The van der Waals surface area contributed by atoms with Crippen molar-refractivity contribution in [2.75, 3.05) is 50.1 Å². The molecule has 1 aliphatic rings. The van der Waals surface area contributed by atoms with E-state index in [0.29, 0.717) is 0 Å². The largest absolute Gasteiger partial charge is 0.433 e. The lowest BCUT2D eigenvalue weighted by Gasteiger charge is -2.40. The topological polar surface area (TPSA) is 35.5 Å². The van der Waals surface area contributed by atoms with Crippen LogP contribution in [0.5, 0.6) is 0 Å². The molecule has 0 N–H and O–H groups in total. The highest BCUT2D eigenvalue weighted by atomic mass is 19.4. The summed E-state index contributed by atoms with van der Waals surface area (Å²) in [6.07, 6.45) is -8.95. The summed E-state index contributed by atoms with van der Waals surface area (Å²) in [4.78, 5) is 11.8. The van der Waals surface area contributed by atoms with E-state index in [-0.39, 0.29) is 31.4 Å². The van der Waals surface area contributed by atoms with Crippen molar-refractivity contribution in [3.63, 3.8) is 0 Å². The fourth-order valence-corrected chi connectivity index (χ4v) is 2.58. The van der Waals surface area contributed by atoms with Gasteiger partial charge in [-0.25, -0.2) is 4.98 Å². The van der Waals surface area contributed by atoms with Crippen molar-refractivity contribution in [1.82, 2.24) is 14.9 Å². The van der Waals surface area contributed by atoms with E-state index in [0.717, 1.165) is 6.07 Å². The summed E-state index contributed by atoms with van der Waals surface area (Å²) >= 11 is 0. The number of hydrogen-bond donors (Lipinski definition) is 0. The van der Waals surface area contributed by atoms with Gasteiger partial charge in [0.25, 0.3) is 0 Å². The van der Waals surface area contributed by atoms with Gasteiger partial charge in [0.05, 0.1) is 6.54 Å². The molecule has 0 aliphatic carbocycles. The quantitative estimate of drug-likeness (QED) is 0.764. The van der Waals surface area contributed by atoms with Crippen molar-refractivity contribution in [2.24, 2.45) is 0 Å². The molecule has 2 rings (SSSR count). The lowest BCUT2D eigenvalue weighted by Crippen LogP contribution is -2.54. The Morgan fingerprint density at radius 1 is 1.12 bits per heavy atom. The van der Waals surface area contributed by atoms with Crippen molar-refractivity contribution in [3.8, 4) is 0 Å². The van der Waals surface area contributed by atoms with Crippen LogP contribution in [0.4, 0.5) is 38.1 Å². The van der Waals surface area contributed by atoms with Crippen LogP contribution in [-0.2, 0) is 6.18 Å². The lowest BCUT2D eigenvalue weighted by atomic mass is 10.2. The van der Waals surface area contributed by atoms with Crippen molar-refractivity contribution < 1.29 is 26.3 Å². The molecule has 11 heteroatoms. The van der Waals surface area contributed by atoms with Crippen molar-refractivity contribution in [2.45, 2.75) is 25.3 Å². The summed E-state index contributed by atoms with van der Waals surface area (Å²) in [6, 6.07) is 0.351. The van der Waals surface area contributed by atoms with E-state index in [2.05, 4.69) is 9.97 Å². The van der Waals surface area contributed by atoms with Crippen LogP contribution in [0.1, 0.15) is 12.6 Å². The molecule has 1 saturated heterocycles. The van der Waals surface area contributed by atoms with E-state index in [4.69, 9.17) is 0 Å². The van der Waals surface area contributed by atoms with E-state index in [1.54, 1.807) is 21.0 Å². The Hall–Kier alpha value is -1.78. The third-order valence-corrected chi connectivity index (χ3v) is 3.88. The van der Waals surface area contributed by atoms with E-state index in [1.165, 1.54) is 14.7 Å². The first kappa shape index (κ1) is 19.5. The van der Waals surface area contributed by atoms with Gasteiger partial charge in [-0.05, 0) is 6.92 Å². The Labute approximate surface area is 141 Å². The molecular weight excluding hydrogens is 352 g/mol. The molecule has 0 radical (unpaired) electrons. The predicted molar refractivity (Wildman–Crippen MR) is 80.7 cm³/mol. The predicted octanol–water partition coefficient (Wildman–Crippen LogP) is 2.63. The number of alkyl halides is 6. The van der Waals surface area contributed by atoms with Gasteiger partial charge >= 0.3 is 12.4 Å². The highest BCUT2D eigenvalue weighted by Gasteiger charge is 2.37. The zero-order valence-corrected chi connectivity index (χ0v) is 14.0. The molecule has 0 saturated carbocycles. The third kappa shape index (κ3) is 5.10. The number of halogens is 6. The molecule has 142 valence electrons. The van der Waals surface area contributed by atoms with Crippen LogP contribution >= 0.6 is 0 Å². The van der Waals surface area contributed by atoms with Gasteiger partial charge in [-0.2, -0.15) is 31.3 Å². The van der Waals surface area contributed by atoms with Gasteiger partial charge in [0.2, 0.25) is 5.95 Å². The number of anilines is 2. The second-order valence-electron chi connectivity index (χ2n) is 6.18. The number of hydrogen-bond acceptors (Lipinski definition) is 5. The van der Waals surface area contributed by atoms with Crippen LogP contribution in [-0.4, -0.2) is 67.4 Å². The van der Waals surface area contributed by atoms with Crippen LogP contribution < -0.4 is 9.80 Å². The Morgan fingerprint density at radius 2 is 1.76 bits per heavy atom. The first-order valence-electron chi connectivity index (χ1n) is 7.56. The van der Waals surface area contributed by atoms with Gasteiger partial charge in [-0.3, -0.25) is 4.90 Å². The van der Waals surface area contributed by atoms with Gasteiger partial charge in [0.15, 0.2) is 5.69 Å². The normalized spacial score (nSPS) is 20.0. The van der Waals surface area contributed by atoms with E-state index in [1.807, 2.05) is 0 Å². The highest BCUT2D eigenvalue weighted by molar-refractivity contribution is 5.46. The molecule has 1 atom stereocenters. The van der Waals surface area contributed by atoms with Gasteiger partial charge in [-0.15, -0.1) is 0 Å². The second kappa shape index (κ2) is 6.85. The molecule has 5 nitrogen and oxygen atoms in total. The van der Waals surface area contributed by atoms with Crippen LogP contribution in [0.25, 0.3) is 0 Å². The minimum atomic E-state index is -4.63. The zero-order chi connectivity index (χ0) is 19.0. The monoisotopic (exact) mass is 371 g/mol. The molecule has 1 aromatic heterocycles. The maximum atomic E-state index is 13.0. The minimum absolute atomic E-state index is 0.0670. The summed E-state index contributed by atoms with van der Waals surface area (Å²) in [5.41, 5.74) is -1.08. The molecule has 1 aliphatic heterocycles. The number of rotatable bonds is 3. The van der Waals surface area contributed by atoms with Crippen molar-refractivity contribution in [1.29, 1.82) is 0 Å². The van der Waals surface area contributed by atoms with Crippen molar-refractivity contribution in [3.05, 3.63) is 11.8 Å². The van der Waals surface area contributed by atoms with Crippen LogP contribution in [0.3, 0.4) is 0 Å². The summed E-state index contributed by atoms with van der Waals surface area (Å²) < 4.78 is 76.8. The number of aromatic nitrogens is 2. The fourth-order valence-electron chi connectivity index (χ4n) is 2.58. The van der Waals surface area contributed by atoms with Gasteiger partial charge < -0.3 is 9.80 Å². The maximum absolute atomic E-state index is 13.0. The molecule has 0 bridgehead atoms. The smallest absolute Gasteiger partial charge is 0.363 e. The minimum Gasteiger partial charge on any atom is -0.363 e. The van der Waals surface area contributed by atoms with Crippen molar-refractivity contribution >= 4 is 11.8 Å². The molecule has 0 spiro atoms. The molecule has 1 fully saturated rings. The molecule has 0 amide bonds. The summed E-state index contributed by atoms with van der Waals surface area (Å²) in [5.74, 6) is -0.0419. The first-order valence-corrected chi connectivity index (χ1v) is 7.56. The van der Waals surface area contributed by atoms with Gasteiger partial charge in [0, 0.05) is 45.8 Å². The van der Waals surface area contributed by atoms with Crippen LogP contribution in [0.15, 0.2) is 6.07 Å². The zero-order valence-electron chi connectivity index (χ0n) is 14.0. The van der Waals surface area contributed by atoms with Gasteiger partial charge in [-0.1, -0.05) is 0 Å². The molecule has 0 aromatic carbocycles. The Kier molecular flexibility index (Phi) is 5.35. The highest BCUT2D eigenvalue weighted by Crippen LogP contribution is 2.31. The second-order valence-corrected chi connectivity index (χ2v) is 6.18. The fraction of sp³-hybridized carbons (Fsp3) is 0.714. The van der Waals surface area contributed by atoms with Gasteiger partial charge in [0.1, 0.15) is 5.82 Å². The summed E-state index contributed by atoms with van der Waals surface area (Å²) in [6.45, 7) is 0.850. The molecule has 1 unspecified atom stereocenters. The lowest BCUT2D eigenvalue weighted by molar-refractivity contribution is -0.151.